The number of carbonyl (C=O) groups is 2. The van der Waals surface area contributed by atoms with Crippen LogP contribution in [0.25, 0.3) is 10.9 Å². The van der Waals surface area contributed by atoms with Crippen LogP contribution in [-0.4, -0.2) is 46.8 Å². The number of rotatable bonds is 14. The Kier molecular flexibility index (Phi) is 10.7. The van der Waals surface area contributed by atoms with E-state index >= 15 is 0 Å². The second-order valence-electron chi connectivity index (χ2n) is 10.1. The van der Waals surface area contributed by atoms with Crippen LogP contribution in [0.1, 0.15) is 62.4 Å². The number of unbranched alkanes of at least 4 members (excludes halogenated alkanes) is 1. The molecule has 1 aromatic heterocycles. The van der Waals surface area contributed by atoms with Gasteiger partial charge in [0.15, 0.2) is 0 Å². The minimum Gasteiger partial charge on any atom is -0.462 e. The number of para-hydroxylation sites is 1. The van der Waals surface area contributed by atoms with E-state index in [0.29, 0.717) is 31.5 Å². The molecule has 4 atom stereocenters. The fraction of sp³-hybridized carbons (Fsp3) is 0.467. The highest BCUT2D eigenvalue weighted by Crippen LogP contribution is 2.24. The van der Waals surface area contributed by atoms with Gasteiger partial charge < -0.3 is 25.5 Å². The summed E-state index contributed by atoms with van der Waals surface area (Å²) in [7, 11) is 0. The topological polar surface area (TPSA) is 107 Å². The van der Waals surface area contributed by atoms with E-state index in [1.807, 2.05) is 55.6 Å². The first-order valence-corrected chi connectivity index (χ1v) is 13.3. The Morgan fingerprint density at radius 1 is 1.05 bits per heavy atom. The number of nitrogens with zero attached hydrogens (tertiary/aromatic N) is 1. The Morgan fingerprint density at radius 2 is 1.76 bits per heavy atom. The molecule has 0 fully saturated rings. The molecule has 200 valence electrons. The van der Waals surface area contributed by atoms with Gasteiger partial charge in [0, 0.05) is 42.1 Å². The lowest BCUT2D eigenvalue weighted by Gasteiger charge is -2.24. The van der Waals surface area contributed by atoms with Gasteiger partial charge in [0.05, 0.1) is 18.3 Å². The van der Waals surface area contributed by atoms with Crippen LogP contribution >= 0.6 is 0 Å². The van der Waals surface area contributed by atoms with Gasteiger partial charge in [-0.05, 0) is 36.8 Å². The highest BCUT2D eigenvalue weighted by atomic mass is 16.5. The largest absolute Gasteiger partial charge is 0.462 e. The summed E-state index contributed by atoms with van der Waals surface area (Å²) in [5, 5.41) is 14.3. The van der Waals surface area contributed by atoms with Crippen molar-refractivity contribution in [1.82, 2.24) is 9.88 Å². The van der Waals surface area contributed by atoms with E-state index in [4.69, 9.17) is 10.5 Å². The lowest BCUT2D eigenvalue weighted by atomic mass is 9.93. The molecule has 2 aromatic carbocycles. The Labute approximate surface area is 220 Å². The molecule has 0 saturated carbocycles. The number of carbonyl (C=O) groups excluding carboxylic acids is 2. The van der Waals surface area contributed by atoms with Crippen LogP contribution in [0, 0.1) is 11.8 Å². The van der Waals surface area contributed by atoms with Crippen molar-refractivity contribution < 1.29 is 19.4 Å². The van der Waals surface area contributed by atoms with E-state index in [0.717, 1.165) is 29.3 Å². The second-order valence-corrected chi connectivity index (χ2v) is 10.1. The van der Waals surface area contributed by atoms with Crippen molar-refractivity contribution in [2.45, 2.75) is 65.1 Å². The summed E-state index contributed by atoms with van der Waals surface area (Å²) in [6, 6.07) is 17.4. The van der Waals surface area contributed by atoms with Gasteiger partial charge in [-0.15, -0.1) is 0 Å². The molecule has 0 spiro atoms. The van der Waals surface area contributed by atoms with Crippen molar-refractivity contribution >= 4 is 22.8 Å². The van der Waals surface area contributed by atoms with E-state index in [9.17, 15) is 14.7 Å². The summed E-state index contributed by atoms with van der Waals surface area (Å²) in [6.45, 7) is 7.32. The predicted octanol–water partition coefficient (Wildman–Crippen LogP) is 4.50. The number of nitrogens with two attached hydrogens (primary N) is 1. The SMILES string of the molecule is CCCCNC(=O)[C@H](C)CC(O)[C@@H](N)C[C@H](C)COC(=O)c1cn(Cc2ccccc2)c2ccccc12. The lowest BCUT2D eigenvalue weighted by molar-refractivity contribution is -0.125. The third-order valence-electron chi connectivity index (χ3n) is 6.74. The van der Waals surface area contributed by atoms with Crippen LogP contribution in [-0.2, 0) is 16.1 Å². The third-order valence-corrected chi connectivity index (χ3v) is 6.74. The molecule has 4 N–H and O–H groups in total. The molecule has 1 unspecified atom stereocenters. The van der Waals surface area contributed by atoms with Crippen LogP contribution in [0.5, 0.6) is 0 Å². The van der Waals surface area contributed by atoms with Crippen LogP contribution in [0.3, 0.4) is 0 Å². The summed E-state index contributed by atoms with van der Waals surface area (Å²) in [4.78, 5) is 25.2. The number of hydrogen-bond acceptors (Lipinski definition) is 5. The Hall–Kier alpha value is -3.16. The molecule has 7 heteroatoms. The maximum atomic E-state index is 13.0. The zero-order valence-corrected chi connectivity index (χ0v) is 22.2. The quantitative estimate of drug-likeness (QED) is 0.220. The number of ether oxygens (including phenoxy) is 1. The van der Waals surface area contributed by atoms with Crippen molar-refractivity contribution in [1.29, 1.82) is 0 Å². The molecule has 0 saturated heterocycles. The molecular formula is C30H41N3O4. The predicted molar refractivity (Wildman–Crippen MR) is 147 cm³/mol. The van der Waals surface area contributed by atoms with E-state index in [1.165, 1.54) is 0 Å². The first-order valence-electron chi connectivity index (χ1n) is 13.3. The van der Waals surface area contributed by atoms with Crippen molar-refractivity contribution in [3.05, 3.63) is 71.9 Å². The summed E-state index contributed by atoms with van der Waals surface area (Å²) in [6.07, 6.45) is 3.78. The molecule has 1 heterocycles. The van der Waals surface area contributed by atoms with Crippen LogP contribution < -0.4 is 11.1 Å². The number of amides is 1. The first-order chi connectivity index (χ1) is 17.8. The van der Waals surface area contributed by atoms with Crippen molar-refractivity contribution in [2.75, 3.05) is 13.2 Å². The van der Waals surface area contributed by atoms with Crippen LogP contribution in [0.4, 0.5) is 0 Å². The highest BCUT2D eigenvalue weighted by molar-refractivity contribution is 6.04. The zero-order chi connectivity index (χ0) is 26.8. The van der Waals surface area contributed by atoms with E-state index < -0.39 is 12.1 Å². The average Bonchev–Trinajstić information content (AvgIpc) is 3.26. The van der Waals surface area contributed by atoms with Crippen molar-refractivity contribution in [3.63, 3.8) is 0 Å². The van der Waals surface area contributed by atoms with Gasteiger partial charge in [-0.1, -0.05) is 75.7 Å². The van der Waals surface area contributed by atoms with Gasteiger partial charge in [0.2, 0.25) is 5.91 Å². The minimum atomic E-state index is -0.805. The number of benzene rings is 2. The summed E-state index contributed by atoms with van der Waals surface area (Å²) < 4.78 is 7.73. The number of aliphatic hydroxyl groups excluding tert-OH is 1. The lowest BCUT2D eigenvalue weighted by Crippen LogP contribution is -2.40. The monoisotopic (exact) mass is 507 g/mol. The second kappa shape index (κ2) is 14.0. The number of nitrogens with one attached hydrogen (secondary N) is 1. The van der Waals surface area contributed by atoms with E-state index in [1.54, 1.807) is 6.92 Å². The summed E-state index contributed by atoms with van der Waals surface area (Å²) >= 11 is 0. The number of aliphatic hydroxyl groups is 1. The average molecular weight is 508 g/mol. The van der Waals surface area contributed by atoms with Crippen LogP contribution in [0.2, 0.25) is 0 Å². The van der Waals surface area contributed by atoms with Crippen molar-refractivity contribution in [3.8, 4) is 0 Å². The molecule has 0 aliphatic rings. The fourth-order valence-electron chi connectivity index (χ4n) is 4.51. The van der Waals surface area contributed by atoms with Gasteiger partial charge in [-0.2, -0.15) is 0 Å². The Balaban J connectivity index is 1.53. The summed E-state index contributed by atoms with van der Waals surface area (Å²) in [5.41, 5.74) is 8.89. The number of fused-ring (bicyclic) bond motifs is 1. The van der Waals surface area contributed by atoms with Gasteiger partial charge >= 0.3 is 5.97 Å². The molecular weight excluding hydrogens is 466 g/mol. The van der Waals surface area contributed by atoms with Crippen molar-refractivity contribution in [2.24, 2.45) is 17.6 Å². The molecule has 0 bridgehead atoms. The minimum absolute atomic E-state index is 0.0417. The Morgan fingerprint density at radius 3 is 2.49 bits per heavy atom. The van der Waals surface area contributed by atoms with Gasteiger partial charge in [-0.3, -0.25) is 4.79 Å². The van der Waals surface area contributed by atoms with Crippen LogP contribution in [0.15, 0.2) is 60.8 Å². The van der Waals surface area contributed by atoms with E-state index in [2.05, 4.69) is 28.9 Å². The normalized spacial score (nSPS) is 14.6. The zero-order valence-electron chi connectivity index (χ0n) is 22.2. The molecule has 3 rings (SSSR count). The maximum absolute atomic E-state index is 13.0. The fourth-order valence-corrected chi connectivity index (χ4v) is 4.51. The first kappa shape index (κ1) is 28.4. The molecule has 7 nitrogen and oxygen atoms in total. The highest BCUT2D eigenvalue weighted by Gasteiger charge is 2.24. The standard InChI is InChI=1S/C30H41N3O4/c1-4-5-15-32-29(35)22(3)17-28(34)26(31)16-21(2)20-37-30(36)25-19-33(18-23-11-7-6-8-12-23)27-14-10-9-13-24(25)27/h6-14,19,21-22,26,28,34H,4-5,15-18,20,31H2,1-3H3,(H,32,35)/t21-,22+,26-,28?/m0/s1. The smallest absolute Gasteiger partial charge is 0.340 e. The Bertz CT molecular complexity index is 1140. The summed E-state index contributed by atoms with van der Waals surface area (Å²) in [5.74, 6) is -0.798. The maximum Gasteiger partial charge on any atom is 0.340 e. The number of esters is 1. The molecule has 37 heavy (non-hydrogen) atoms. The molecule has 3 aromatic rings. The number of aromatic nitrogens is 1. The molecule has 1 amide bonds. The van der Waals surface area contributed by atoms with Gasteiger partial charge in [0.1, 0.15) is 0 Å². The number of hydrogen-bond donors (Lipinski definition) is 3. The molecule has 0 aliphatic carbocycles. The van der Waals surface area contributed by atoms with Gasteiger partial charge in [0.25, 0.3) is 0 Å². The molecule has 0 radical (unpaired) electrons. The molecule has 0 aliphatic heterocycles. The van der Waals surface area contributed by atoms with E-state index in [-0.39, 0.29) is 30.3 Å². The van der Waals surface area contributed by atoms with Gasteiger partial charge in [-0.25, -0.2) is 4.79 Å². The third kappa shape index (κ3) is 8.17.